The van der Waals surface area contributed by atoms with Gasteiger partial charge in [0.2, 0.25) is 0 Å². The van der Waals surface area contributed by atoms with Gasteiger partial charge in [0.05, 0.1) is 15.6 Å². The second kappa shape index (κ2) is 5.84. The summed E-state index contributed by atoms with van der Waals surface area (Å²) in [6.07, 6.45) is 1.81. The van der Waals surface area contributed by atoms with E-state index in [9.17, 15) is 4.79 Å². The first-order chi connectivity index (χ1) is 8.66. The van der Waals surface area contributed by atoms with Crippen molar-refractivity contribution in [3.8, 4) is 0 Å². The second-order valence-corrected chi connectivity index (χ2v) is 5.76. The summed E-state index contributed by atoms with van der Waals surface area (Å²) in [6.45, 7) is 5.64. The number of carbonyl (C=O) groups excluding carboxylic acids is 1. The number of nitrogens with one attached hydrogen (secondary N) is 1. The molecule has 1 aromatic heterocycles. The van der Waals surface area contributed by atoms with E-state index in [0.29, 0.717) is 4.91 Å². The number of hydrogen-bond donors (Lipinski definition) is 1. The maximum Gasteiger partial charge on any atom is 0.261 e. The van der Waals surface area contributed by atoms with Crippen LogP contribution < -0.4 is 5.32 Å². The summed E-state index contributed by atoms with van der Waals surface area (Å²) in [5.41, 5.74) is 0.875. The van der Waals surface area contributed by atoms with Gasteiger partial charge in [0.15, 0.2) is 0 Å². The molecule has 0 radical (unpaired) electrons. The van der Waals surface area contributed by atoms with Crippen LogP contribution in [-0.4, -0.2) is 10.9 Å². The Hall–Kier alpha value is -1.59. The molecule has 1 N–H and O–H groups in total. The number of fused-ring (bicyclic) bond motifs is 1. The lowest BCUT2D eigenvalue weighted by Gasteiger charge is -2.16. The Balaban J connectivity index is 0.000000169. The highest BCUT2D eigenvalue weighted by molar-refractivity contribution is 8.04. The van der Waals surface area contributed by atoms with Crippen LogP contribution >= 0.6 is 23.1 Å². The van der Waals surface area contributed by atoms with E-state index >= 15 is 0 Å². The van der Waals surface area contributed by atoms with Crippen LogP contribution in [0.4, 0.5) is 5.69 Å². The molecule has 1 aromatic carbocycles. The third-order valence-electron chi connectivity index (χ3n) is 2.18. The molecule has 1 aliphatic heterocycles. The molecular weight excluding hydrogens is 264 g/mol. The van der Waals surface area contributed by atoms with E-state index < -0.39 is 0 Å². The number of benzene rings is 1. The monoisotopic (exact) mass is 276 g/mol. The van der Waals surface area contributed by atoms with Crippen LogP contribution in [0.15, 0.2) is 52.2 Å². The first-order valence-corrected chi connectivity index (χ1v) is 6.99. The van der Waals surface area contributed by atoms with Gasteiger partial charge in [-0.05, 0) is 19.1 Å². The number of carbonyl (C=O) groups is 1. The number of amides is 1. The molecule has 3 nitrogen and oxygen atoms in total. The Kier molecular flexibility index (Phi) is 4.17. The van der Waals surface area contributed by atoms with Gasteiger partial charge in [0.25, 0.3) is 5.91 Å². The predicted octanol–water partition coefficient (Wildman–Crippen LogP) is 3.70. The van der Waals surface area contributed by atoms with Crippen molar-refractivity contribution in [1.82, 2.24) is 4.98 Å². The Labute approximate surface area is 114 Å². The molecule has 2 heterocycles. The van der Waals surface area contributed by atoms with E-state index in [1.807, 2.05) is 36.6 Å². The SMILES string of the molecule is C=C1Sc2ccccc2NC1=O.Cc1nccs1. The molecular formula is C13H12N2OS2. The van der Waals surface area contributed by atoms with Gasteiger partial charge in [0.1, 0.15) is 0 Å². The van der Waals surface area contributed by atoms with Crippen molar-refractivity contribution in [1.29, 1.82) is 0 Å². The molecule has 0 bridgehead atoms. The van der Waals surface area contributed by atoms with Crippen LogP contribution in [0.1, 0.15) is 5.01 Å². The van der Waals surface area contributed by atoms with Gasteiger partial charge in [-0.1, -0.05) is 30.5 Å². The molecule has 1 amide bonds. The Morgan fingerprint density at radius 3 is 2.72 bits per heavy atom. The maximum absolute atomic E-state index is 11.1. The topological polar surface area (TPSA) is 42.0 Å². The number of para-hydroxylation sites is 1. The summed E-state index contributed by atoms with van der Waals surface area (Å²) in [5, 5.41) is 5.85. The lowest BCUT2D eigenvalue weighted by atomic mass is 10.3. The maximum atomic E-state index is 11.1. The smallest absolute Gasteiger partial charge is 0.261 e. The second-order valence-electron chi connectivity index (χ2n) is 3.53. The van der Waals surface area contributed by atoms with Crippen LogP contribution in [0, 0.1) is 6.92 Å². The first kappa shape index (κ1) is 12.9. The van der Waals surface area contributed by atoms with Crippen LogP contribution in [-0.2, 0) is 4.79 Å². The Morgan fingerprint density at radius 1 is 1.33 bits per heavy atom. The van der Waals surface area contributed by atoms with Gasteiger partial charge in [-0.15, -0.1) is 11.3 Å². The van der Waals surface area contributed by atoms with E-state index in [-0.39, 0.29) is 5.91 Å². The Morgan fingerprint density at radius 2 is 2.11 bits per heavy atom. The molecule has 2 aromatic rings. The summed E-state index contributed by atoms with van der Waals surface area (Å²) in [4.78, 5) is 16.7. The zero-order chi connectivity index (χ0) is 13.0. The lowest BCUT2D eigenvalue weighted by Crippen LogP contribution is -2.16. The van der Waals surface area contributed by atoms with Crippen molar-refractivity contribution in [2.75, 3.05) is 5.32 Å². The average molecular weight is 276 g/mol. The van der Waals surface area contributed by atoms with E-state index in [1.54, 1.807) is 17.5 Å². The quantitative estimate of drug-likeness (QED) is 0.746. The van der Waals surface area contributed by atoms with E-state index in [1.165, 1.54) is 11.8 Å². The fourth-order valence-corrected chi connectivity index (χ4v) is 2.55. The van der Waals surface area contributed by atoms with Gasteiger partial charge < -0.3 is 5.32 Å². The van der Waals surface area contributed by atoms with Gasteiger partial charge >= 0.3 is 0 Å². The number of anilines is 1. The lowest BCUT2D eigenvalue weighted by molar-refractivity contribution is -0.112. The number of rotatable bonds is 0. The highest BCUT2D eigenvalue weighted by Gasteiger charge is 2.17. The number of nitrogens with zero attached hydrogens (tertiary/aromatic N) is 1. The molecule has 0 unspecified atom stereocenters. The molecule has 1 aliphatic rings. The number of aromatic nitrogens is 1. The van der Waals surface area contributed by atoms with Crippen molar-refractivity contribution < 1.29 is 4.79 Å². The fraction of sp³-hybridized carbons (Fsp3) is 0.0769. The highest BCUT2D eigenvalue weighted by Crippen LogP contribution is 2.36. The minimum Gasteiger partial charge on any atom is -0.321 e. The number of aryl methyl sites for hydroxylation is 1. The van der Waals surface area contributed by atoms with Crippen molar-refractivity contribution in [2.45, 2.75) is 11.8 Å². The molecule has 0 aliphatic carbocycles. The van der Waals surface area contributed by atoms with Crippen LogP contribution in [0.3, 0.4) is 0 Å². The van der Waals surface area contributed by atoms with Gasteiger partial charge in [-0.3, -0.25) is 9.78 Å². The normalized spacial score (nSPS) is 13.2. The summed E-state index contributed by atoms with van der Waals surface area (Å²) >= 11 is 3.08. The zero-order valence-corrected chi connectivity index (χ0v) is 11.5. The van der Waals surface area contributed by atoms with E-state index in [2.05, 4.69) is 16.9 Å². The molecule has 0 saturated heterocycles. The van der Waals surface area contributed by atoms with Crippen molar-refractivity contribution in [3.05, 3.63) is 52.3 Å². The third kappa shape index (κ3) is 3.21. The highest BCUT2D eigenvalue weighted by atomic mass is 32.2. The number of thiazole rings is 1. The molecule has 0 spiro atoms. The Bertz CT molecular complexity index is 529. The predicted molar refractivity (Wildman–Crippen MR) is 76.9 cm³/mol. The van der Waals surface area contributed by atoms with Gasteiger partial charge in [-0.25, -0.2) is 0 Å². The fourth-order valence-electron chi connectivity index (χ4n) is 1.32. The minimum absolute atomic E-state index is 0.0984. The molecule has 0 atom stereocenters. The molecule has 18 heavy (non-hydrogen) atoms. The largest absolute Gasteiger partial charge is 0.321 e. The molecule has 92 valence electrons. The molecule has 3 rings (SSSR count). The van der Waals surface area contributed by atoms with Gasteiger partial charge in [0, 0.05) is 16.5 Å². The summed E-state index contributed by atoms with van der Waals surface area (Å²) in [6, 6.07) is 7.68. The van der Waals surface area contributed by atoms with Gasteiger partial charge in [-0.2, -0.15) is 0 Å². The third-order valence-corrected chi connectivity index (χ3v) is 3.89. The summed E-state index contributed by atoms with van der Waals surface area (Å²) in [5.74, 6) is -0.0984. The molecule has 5 heteroatoms. The summed E-state index contributed by atoms with van der Waals surface area (Å²) < 4.78 is 0. The van der Waals surface area contributed by atoms with Crippen molar-refractivity contribution in [3.63, 3.8) is 0 Å². The minimum atomic E-state index is -0.0984. The average Bonchev–Trinajstić information content (AvgIpc) is 2.83. The van der Waals surface area contributed by atoms with Crippen molar-refractivity contribution in [2.24, 2.45) is 0 Å². The van der Waals surface area contributed by atoms with Crippen LogP contribution in [0.25, 0.3) is 0 Å². The number of thioether (sulfide) groups is 1. The zero-order valence-electron chi connectivity index (χ0n) is 9.84. The van der Waals surface area contributed by atoms with Crippen molar-refractivity contribution >= 4 is 34.7 Å². The van der Waals surface area contributed by atoms with Crippen LogP contribution in [0.5, 0.6) is 0 Å². The van der Waals surface area contributed by atoms with Crippen LogP contribution in [0.2, 0.25) is 0 Å². The van der Waals surface area contributed by atoms with E-state index in [0.717, 1.165) is 15.6 Å². The standard InChI is InChI=1S/C9H7NOS.C4H5NS/c1-6-9(11)10-7-4-2-3-5-8(7)12-6;1-4-5-2-3-6-4/h2-5H,1H2,(H,10,11);2-3H,1H3. The first-order valence-electron chi connectivity index (χ1n) is 5.30. The molecule has 0 saturated carbocycles. The molecule has 0 fully saturated rings. The number of hydrogen-bond acceptors (Lipinski definition) is 4. The summed E-state index contributed by atoms with van der Waals surface area (Å²) in [7, 11) is 0. The van der Waals surface area contributed by atoms with E-state index in [4.69, 9.17) is 0 Å².